The fraction of sp³-hybridized carbons (Fsp3) is 0.474. The molecule has 2 aromatic carbocycles. The Morgan fingerprint density at radius 3 is 1.11 bits per heavy atom. The van der Waals surface area contributed by atoms with Crippen molar-refractivity contribution < 1.29 is 103 Å². The van der Waals surface area contributed by atoms with Gasteiger partial charge in [-0.15, -0.1) is 0 Å². The van der Waals surface area contributed by atoms with Gasteiger partial charge in [0.25, 0.3) is 40.5 Å². The Morgan fingerprint density at radius 2 is 0.803 bits per heavy atom. The molecule has 0 aliphatic heterocycles. The lowest BCUT2D eigenvalue weighted by molar-refractivity contribution is -0.112. The number of nitrogens with zero attached hydrogens (tertiary/aromatic N) is 8. The fourth-order valence-electron chi connectivity index (χ4n) is 6.38. The van der Waals surface area contributed by atoms with Crippen LogP contribution in [-0.4, -0.2) is 247 Å². The van der Waals surface area contributed by atoms with Crippen LogP contribution in [0.15, 0.2) is 46.2 Å². The monoisotopic (exact) mass is 1160 g/mol. The molecule has 0 saturated carbocycles. The minimum Gasteiger partial charge on any atom is -0.394 e. The third-order valence-corrected chi connectivity index (χ3v) is 13.6. The summed E-state index contributed by atoms with van der Waals surface area (Å²) in [6.45, 7) is -3.92. The van der Waals surface area contributed by atoms with Crippen molar-refractivity contribution in [3.63, 3.8) is 0 Å². The first-order valence-electron chi connectivity index (χ1n) is 21.6. The minimum absolute atomic E-state index is 0.144. The van der Waals surface area contributed by atoms with Crippen molar-refractivity contribution in [3.8, 4) is 0 Å². The number of nitrogens with one attached hydrogen (secondary N) is 4. The molecule has 424 valence electrons. The molecule has 18 N–H and O–H groups in total. The highest BCUT2D eigenvalue weighted by atomic mass is 32.2. The van der Waals surface area contributed by atoms with Gasteiger partial charge in [-0.2, -0.15) is 63.6 Å². The van der Waals surface area contributed by atoms with E-state index >= 15 is 0 Å². The van der Waals surface area contributed by atoms with E-state index in [1.807, 2.05) is 0 Å². The molecule has 0 aliphatic carbocycles. The summed E-state index contributed by atoms with van der Waals surface area (Å²) < 4.78 is 135. The highest BCUT2D eigenvalue weighted by Gasteiger charge is 2.33. The highest BCUT2D eigenvalue weighted by molar-refractivity contribution is 7.86. The molecule has 76 heavy (non-hydrogen) atoms. The van der Waals surface area contributed by atoms with Gasteiger partial charge in [0.15, 0.2) is 0 Å². The van der Waals surface area contributed by atoms with Crippen molar-refractivity contribution in [2.24, 2.45) is 0 Å². The van der Waals surface area contributed by atoms with Crippen molar-refractivity contribution in [1.29, 1.82) is 0 Å². The molecule has 0 bridgehead atoms. The average molecular weight is 1160 g/mol. The number of hydrogen-bond donors (Lipinski definition) is 18. The molecule has 4 rings (SSSR count). The van der Waals surface area contributed by atoms with Crippen LogP contribution < -0.4 is 31.1 Å². The molecule has 0 spiro atoms. The summed E-state index contributed by atoms with van der Waals surface area (Å²) in [6.07, 6.45) is -13.1. The van der Waals surface area contributed by atoms with Gasteiger partial charge in [0, 0.05) is 51.6 Å². The number of rotatable bonds is 30. The first-order valence-corrected chi connectivity index (χ1v) is 27.7. The van der Waals surface area contributed by atoms with E-state index in [0.29, 0.717) is 0 Å². The van der Waals surface area contributed by atoms with E-state index in [4.69, 9.17) is 10.2 Å². The van der Waals surface area contributed by atoms with Crippen LogP contribution in [0.1, 0.15) is 11.1 Å². The maximum atomic E-state index is 12.7. The summed E-state index contributed by atoms with van der Waals surface area (Å²) >= 11 is 0. The summed E-state index contributed by atoms with van der Waals surface area (Å²) in [4.78, 5) is 25.3. The Kier molecular flexibility index (Phi) is 21.9. The van der Waals surface area contributed by atoms with E-state index in [1.54, 1.807) is 0 Å². The van der Waals surface area contributed by atoms with E-state index in [0.717, 1.165) is 46.2 Å². The van der Waals surface area contributed by atoms with Gasteiger partial charge in [0.05, 0.1) is 24.7 Å². The predicted molar refractivity (Wildman–Crippen MR) is 266 cm³/mol. The Bertz CT molecular complexity index is 2910. The normalized spacial score (nSPS) is 15.7. The quantitative estimate of drug-likeness (QED) is 0.0171. The Balaban J connectivity index is 1.68. The molecule has 8 unspecified atom stereocenters. The lowest BCUT2D eigenvalue weighted by Crippen LogP contribution is -2.49. The molecule has 8 atom stereocenters. The molecule has 0 amide bonds. The molecule has 38 heteroatoms. The Hall–Kier alpha value is -5.76. The SMILES string of the molecule is CN(CC(O)C(O)C(O)C(O)CO)c1nc(NCCS(=O)(=O)O)nc(Nc2ccc(C=Cc3ccc(Nc4nc(NCCS(=O)(=O)O)nc(N(C)CC(O)C(O)C(O)C(O)CO)n4)cc3S(=O)(=O)O)c(S(=O)(=O)O)c2)n1. The van der Waals surface area contributed by atoms with Crippen molar-refractivity contribution >= 4 is 99.7 Å². The second kappa shape index (κ2) is 26.5. The van der Waals surface area contributed by atoms with Gasteiger partial charge in [-0.05, 0) is 35.4 Å². The molecule has 34 nitrogen and oxygen atoms in total. The van der Waals surface area contributed by atoms with E-state index in [-0.39, 0.29) is 46.3 Å². The number of aliphatic hydroxyl groups excluding tert-OH is 10. The molecular formula is C38H56N12O22S4. The second-order valence-corrected chi connectivity index (χ2v) is 22.3. The van der Waals surface area contributed by atoms with Gasteiger partial charge < -0.3 is 82.1 Å². The summed E-state index contributed by atoms with van der Waals surface area (Å²) in [5.74, 6) is -3.77. The summed E-state index contributed by atoms with van der Waals surface area (Å²) in [6, 6.07) is 6.50. The highest BCUT2D eigenvalue weighted by Crippen LogP contribution is 2.29. The van der Waals surface area contributed by atoms with Crippen LogP contribution in [0.3, 0.4) is 0 Å². The molecule has 0 fully saturated rings. The largest absolute Gasteiger partial charge is 0.394 e. The van der Waals surface area contributed by atoms with Gasteiger partial charge in [0.1, 0.15) is 58.6 Å². The van der Waals surface area contributed by atoms with Crippen molar-refractivity contribution in [2.45, 2.75) is 58.6 Å². The molecule has 0 saturated heterocycles. The zero-order valence-electron chi connectivity index (χ0n) is 39.6. The summed E-state index contributed by atoms with van der Waals surface area (Å²) in [5, 5.41) is 110. The van der Waals surface area contributed by atoms with Crippen molar-refractivity contribution in [2.75, 3.05) is 96.1 Å². The second-order valence-electron chi connectivity index (χ2n) is 16.4. The molecule has 4 aromatic rings. The molecule has 0 aliphatic rings. The van der Waals surface area contributed by atoms with Crippen LogP contribution in [0.2, 0.25) is 0 Å². The average Bonchev–Trinajstić information content (AvgIpc) is 3.33. The third-order valence-electron chi connectivity index (χ3n) is 10.3. The molecule has 2 aromatic heterocycles. The van der Waals surface area contributed by atoms with Crippen molar-refractivity contribution in [1.82, 2.24) is 29.9 Å². The maximum absolute atomic E-state index is 12.7. The zero-order valence-corrected chi connectivity index (χ0v) is 42.9. The zero-order chi connectivity index (χ0) is 57.1. The summed E-state index contributed by atoms with van der Waals surface area (Å²) in [7, 11) is -16.6. The number of aromatic nitrogens is 6. The first kappa shape index (κ1) is 62.8. The predicted octanol–water partition coefficient (Wildman–Crippen LogP) is -5.45. The number of aliphatic hydroxyl groups is 10. The van der Waals surface area contributed by atoms with Crippen LogP contribution in [0.25, 0.3) is 12.2 Å². The van der Waals surface area contributed by atoms with Crippen molar-refractivity contribution in [3.05, 3.63) is 47.5 Å². The van der Waals surface area contributed by atoms with Crippen LogP contribution in [0.4, 0.5) is 47.1 Å². The molecular weight excluding hydrogens is 1100 g/mol. The van der Waals surface area contributed by atoms with E-state index in [2.05, 4.69) is 51.2 Å². The van der Waals surface area contributed by atoms with E-state index in [9.17, 15) is 92.7 Å². The lowest BCUT2D eigenvalue weighted by Gasteiger charge is -2.28. The van der Waals surface area contributed by atoms with Crippen LogP contribution >= 0.6 is 0 Å². The third kappa shape index (κ3) is 19.1. The van der Waals surface area contributed by atoms with Gasteiger partial charge in [-0.25, -0.2) is 0 Å². The number of hydrogen-bond acceptors (Lipinski definition) is 30. The van der Waals surface area contributed by atoms with Gasteiger partial charge in [-0.1, -0.05) is 24.3 Å². The van der Waals surface area contributed by atoms with Gasteiger partial charge in [-0.3, -0.25) is 18.2 Å². The van der Waals surface area contributed by atoms with Gasteiger partial charge >= 0.3 is 0 Å². The fourth-order valence-corrected chi connectivity index (χ4v) is 8.52. The Morgan fingerprint density at radius 1 is 0.487 bits per heavy atom. The molecule has 2 heterocycles. The maximum Gasteiger partial charge on any atom is 0.295 e. The van der Waals surface area contributed by atoms with E-state index in [1.165, 1.54) is 26.2 Å². The van der Waals surface area contributed by atoms with E-state index < -0.39 is 162 Å². The number of likely N-dealkylation sites (N-methyl/N-ethyl adjacent to an activating group) is 2. The minimum atomic E-state index is -5.13. The first-order chi connectivity index (χ1) is 35.2. The van der Waals surface area contributed by atoms with Crippen LogP contribution in [0.5, 0.6) is 0 Å². The smallest absolute Gasteiger partial charge is 0.295 e. The van der Waals surface area contributed by atoms with Crippen LogP contribution in [-0.2, 0) is 40.5 Å². The number of anilines is 8. The lowest BCUT2D eigenvalue weighted by atomic mass is 10.0. The molecule has 0 radical (unpaired) electrons. The standard InChI is InChI=1S/C38H56N12O22S4/c1-49(15-23(53)29(57)31(59)25(55)17-51)37-45-33(39-9-11-73(61,62)63)43-35(47-37)41-21-7-5-19(27(13-21)75(67,68)69)3-4-20-6-8-22(14-28(20)76(70,71)72)42-36-44-34(40-10-12-74(64,65)66)46-38(48-36)50(2)16-24(54)30(58)32(60)26(56)18-52/h3-8,13-14,23-26,29-32,51-60H,9-12,15-18H2,1-2H3,(H,61,62,63)(H,64,65,66)(H,67,68,69)(H,70,71,72)(H2,39,41,43,45,47)(H2,40,42,44,46,48). The summed E-state index contributed by atoms with van der Waals surface area (Å²) in [5.41, 5.74) is -0.828. The number of benzene rings is 2. The van der Waals surface area contributed by atoms with Gasteiger partial charge in [0.2, 0.25) is 35.7 Å². The topological polar surface area (TPSA) is 552 Å². The Labute approximate surface area is 433 Å². The van der Waals surface area contributed by atoms with Crippen LogP contribution in [0, 0.1) is 0 Å².